The molecule has 0 bridgehead atoms. The van der Waals surface area contributed by atoms with Gasteiger partial charge in [-0.05, 0) is 112 Å². The van der Waals surface area contributed by atoms with Crippen molar-refractivity contribution in [2.75, 3.05) is 6.61 Å². The summed E-state index contributed by atoms with van der Waals surface area (Å²) < 4.78 is 11.9. The number of ether oxygens (including phenoxy) is 2. The van der Waals surface area contributed by atoms with Crippen molar-refractivity contribution in [3.8, 4) is 0 Å². The molecule has 5 rings (SSSR count). The summed E-state index contributed by atoms with van der Waals surface area (Å²) in [5.74, 6) is -0.217. The molecule has 0 spiro atoms. The highest BCUT2D eigenvalue weighted by atomic mass is 16.5. The number of Topliss-reactive ketones (excluding diaryl/α,β-unsaturated/α-hetero) is 1. The number of amides is 1. The normalized spacial score (nSPS) is 41.0. The van der Waals surface area contributed by atoms with Crippen molar-refractivity contribution in [3.63, 3.8) is 0 Å². The van der Waals surface area contributed by atoms with Crippen LogP contribution < -0.4 is 11.5 Å². The largest absolute Gasteiger partial charge is 0.461 e. The lowest BCUT2D eigenvalue weighted by Gasteiger charge is -2.57. The standard InChI is InChI=1S/C36H58N2O8/c1-35-17-14-24(41)20-21(35)6-8-25-26-9-12-30(36(26,2)18-15-27(25)35)45-19-16-23(40)5-3-4-22(39)7-13-31(42)46-29-11-10-28(37)33(43)32(29)34(38)44/h6,22,24-30,32-33,39,41,43H,3-5,7-20,37H2,1-2H3,(H2,38,44)/t22?,24-,25?,26?,27?,28?,29?,30-,32?,33?,35-,36-/m1/s1. The fraction of sp³-hybridized carbons (Fsp3) is 0.861. The molecule has 8 unspecified atom stereocenters. The summed E-state index contributed by atoms with van der Waals surface area (Å²) in [5, 5.41) is 30.8. The summed E-state index contributed by atoms with van der Waals surface area (Å²) in [5.41, 5.74) is 13.1. The Morgan fingerprint density at radius 1 is 0.978 bits per heavy atom. The molecular formula is C36H58N2O8. The molecule has 0 heterocycles. The lowest BCUT2D eigenvalue weighted by atomic mass is 9.48. The van der Waals surface area contributed by atoms with Crippen LogP contribution in [0.4, 0.5) is 0 Å². The summed E-state index contributed by atoms with van der Waals surface area (Å²) in [4.78, 5) is 36.8. The van der Waals surface area contributed by atoms with E-state index in [-0.39, 0.29) is 41.7 Å². The molecule has 260 valence electrons. The van der Waals surface area contributed by atoms with E-state index in [1.165, 1.54) is 18.4 Å². The van der Waals surface area contributed by atoms with Gasteiger partial charge in [0.15, 0.2) is 0 Å². The van der Waals surface area contributed by atoms with Gasteiger partial charge in [-0.1, -0.05) is 25.5 Å². The number of carbonyl (C=O) groups is 3. The number of fused-ring (bicyclic) bond motifs is 5. The summed E-state index contributed by atoms with van der Waals surface area (Å²) in [7, 11) is 0. The molecule has 12 atom stereocenters. The number of aliphatic hydroxyl groups excluding tert-OH is 3. The van der Waals surface area contributed by atoms with Gasteiger partial charge in [-0.3, -0.25) is 14.4 Å². The maximum absolute atomic E-state index is 12.6. The second kappa shape index (κ2) is 14.7. The number of aliphatic hydroxyl groups is 3. The molecule has 0 aliphatic heterocycles. The Bertz CT molecular complexity index is 1150. The Balaban J connectivity index is 0.982. The van der Waals surface area contributed by atoms with Crippen LogP contribution in [0.2, 0.25) is 0 Å². The van der Waals surface area contributed by atoms with Crippen LogP contribution in [-0.2, 0) is 23.9 Å². The molecule has 1 amide bonds. The summed E-state index contributed by atoms with van der Waals surface area (Å²) in [6, 6.07) is -0.590. The first-order chi connectivity index (χ1) is 21.8. The van der Waals surface area contributed by atoms with Gasteiger partial charge in [0.2, 0.25) is 5.91 Å². The number of allylic oxidation sites excluding steroid dienone is 1. The van der Waals surface area contributed by atoms with Crippen LogP contribution in [0.25, 0.3) is 0 Å². The van der Waals surface area contributed by atoms with Gasteiger partial charge in [-0.25, -0.2) is 0 Å². The Labute approximate surface area is 274 Å². The third-order valence-electron chi connectivity index (χ3n) is 13.0. The minimum Gasteiger partial charge on any atom is -0.461 e. The average Bonchev–Trinajstić information content (AvgIpc) is 3.34. The zero-order valence-corrected chi connectivity index (χ0v) is 27.9. The van der Waals surface area contributed by atoms with Gasteiger partial charge in [0.05, 0.1) is 31.0 Å². The fourth-order valence-corrected chi connectivity index (χ4v) is 10.2. The van der Waals surface area contributed by atoms with E-state index in [1.54, 1.807) is 0 Å². The monoisotopic (exact) mass is 646 g/mol. The van der Waals surface area contributed by atoms with Crippen LogP contribution in [0.5, 0.6) is 0 Å². The van der Waals surface area contributed by atoms with Gasteiger partial charge in [0.25, 0.3) is 0 Å². The highest BCUT2D eigenvalue weighted by Crippen LogP contribution is 2.65. The van der Waals surface area contributed by atoms with Gasteiger partial charge in [0, 0.05) is 25.3 Å². The molecule has 10 heteroatoms. The van der Waals surface area contributed by atoms with Gasteiger partial charge in [0.1, 0.15) is 17.8 Å². The molecule has 46 heavy (non-hydrogen) atoms. The van der Waals surface area contributed by atoms with E-state index in [0.29, 0.717) is 62.9 Å². The SMILES string of the molecule is C[C@@]12CC[C@@H](O)CC1=CCC1C2CC[C@]2(C)C1CC[C@H]2OCCC(=O)CCCC(O)CCC(=O)OC1CCC(N)C(O)C1C(N)=O. The van der Waals surface area contributed by atoms with Crippen molar-refractivity contribution in [1.82, 2.24) is 0 Å². The molecule has 7 N–H and O–H groups in total. The van der Waals surface area contributed by atoms with Gasteiger partial charge >= 0.3 is 5.97 Å². The zero-order valence-electron chi connectivity index (χ0n) is 27.9. The highest BCUT2D eigenvalue weighted by molar-refractivity contribution is 5.79. The topological polar surface area (TPSA) is 182 Å². The zero-order chi connectivity index (χ0) is 33.2. The summed E-state index contributed by atoms with van der Waals surface area (Å²) >= 11 is 0. The van der Waals surface area contributed by atoms with Crippen LogP contribution in [0.15, 0.2) is 11.6 Å². The Hall–Kier alpha value is -1.85. The number of esters is 1. The fourth-order valence-electron chi connectivity index (χ4n) is 10.2. The van der Waals surface area contributed by atoms with Crippen LogP contribution in [0.3, 0.4) is 0 Å². The second-order valence-electron chi connectivity index (χ2n) is 15.7. The van der Waals surface area contributed by atoms with Crippen LogP contribution in [0, 0.1) is 34.5 Å². The number of rotatable bonds is 13. The van der Waals surface area contributed by atoms with E-state index < -0.39 is 42.1 Å². The maximum atomic E-state index is 12.6. The molecule has 10 nitrogen and oxygen atoms in total. The molecule has 5 aliphatic rings. The van der Waals surface area contributed by atoms with Crippen LogP contribution in [-0.4, -0.2) is 76.1 Å². The van der Waals surface area contributed by atoms with Crippen molar-refractivity contribution >= 4 is 17.7 Å². The Kier molecular flexibility index (Phi) is 11.4. The van der Waals surface area contributed by atoms with Gasteiger partial charge in [-0.15, -0.1) is 0 Å². The van der Waals surface area contributed by atoms with Crippen molar-refractivity contribution < 1.29 is 39.2 Å². The van der Waals surface area contributed by atoms with Crippen LogP contribution in [0.1, 0.15) is 117 Å². The van der Waals surface area contributed by atoms with E-state index in [0.717, 1.165) is 38.5 Å². The Morgan fingerprint density at radius 3 is 2.52 bits per heavy atom. The summed E-state index contributed by atoms with van der Waals surface area (Å²) in [6.07, 6.45) is 10.9. The van der Waals surface area contributed by atoms with Crippen LogP contribution >= 0.6 is 0 Å². The van der Waals surface area contributed by atoms with E-state index in [2.05, 4.69) is 19.9 Å². The number of hydrogen-bond acceptors (Lipinski definition) is 9. The van der Waals surface area contributed by atoms with Crippen molar-refractivity contribution in [3.05, 3.63) is 11.6 Å². The molecule has 4 fully saturated rings. The third kappa shape index (κ3) is 7.41. The third-order valence-corrected chi connectivity index (χ3v) is 13.0. The van der Waals surface area contributed by atoms with Crippen molar-refractivity contribution in [2.45, 2.75) is 153 Å². The lowest BCUT2D eigenvalue weighted by Crippen LogP contribution is -2.55. The number of hydrogen-bond donors (Lipinski definition) is 5. The number of ketones is 1. The van der Waals surface area contributed by atoms with Gasteiger partial charge < -0.3 is 36.3 Å². The number of primary amides is 1. The molecule has 0 radical (unpaired) electrons. The lowest BCUT2D eigenvalue weighted by molar-refractivity contribution is -0.161. The second-order valence-corrected chi connectivity index (χ2v) is 15.7. The number of nitrogens with two attached hydrogens (primary N) is 2. The molecular weight excluding hydrogens is 588 g/mol. The van der Waals surface area contributed by atoms with Crippen molar-refractivity contribution in [1.29, 1.82) is 0 Å². The van der Waals surface area contributed by atoms with Gasteiger partial charge in [-0.2, -0.15) is 0 Å². The van der Waals surface area contributed by atoms with E-state index in [4.69, 9.17) is 20.9 Å². The van der Waals surface area contributed by atoms with E-state index in [1.807, 2.05) is 0 Å². The van der Waals surface area contributed by atoms with E-state index in [9.17, 15) is 29.7 Å². The minimum absolute atomic E-state index is 0.0321. The molecule has 0 aromatic rings. The summed E-state index contributed by atoms with van der Waals surface area (Å²) in [6.45, 7) is 5.30. The molecule has 0 aromatic carbocycles. The first kappa shape index (κ1) is 35.5. The highest BCUT2D eigenvalue weighted by Gasteiger charge is 2.59. The maximum Gasteiger partial charge on any atom is 0.306 e. The molecule has 4 saturated carbocycles. The molecule has 0 aromatic heterocycles. The Morgan fingerprint density at radius 2 is 1.76 bits per heavy atom. The van der Waals surface area contributed by atoms with E-state index >= 15 is 0 Å². The molecule has 0 saturated heterocycles. The smallest absolute Gasteiger partial charge is 0.306 e. The first-order valence-corrected chi connectivity index (χ1v) is 17.9. The first-order valence-electron chi connectivity index (χ1n) is 17.9. The predicted molar refractivity (Wildman–Crippen MR) is 172 cm³/mol. The molecule has 5 aliphatic carbocycles. The average molecular weight is 647 g/mol. The quantitative estimate of drug-likeness (QED) is 0.148. The predicted octanol–water partition coefficient (Wildman–Crippen LogP) is 3.46. The minimum atomic E-state index is -1.16. The van der Waals surface area contributed by atoms with Crippen molar-refractivity contribution in [2.24, 2.45) is 46.0 Å². The number of carbonyl (C=O) groups excluding carboxylic acids is 3.